The van der Waals surface area contributed by atoms with Gasteiger partial charge in [0.1, 0.15) is 23.0 Å². The van der Waals surface area contributed by atoms with Crippen LogP contribution in [0, 0.1) is 0 Å². The maximum Gasteiger partial charge on any atom is 0.124 e. The molecule has 6 heteroatoms. The van der Waals surface area contributed by atoms with Crippen LogP contribution in [0.2, 0.25) is 0 Å². The van der Waals surface area contributed by atoms with Crippen LogP contribution in [0.3, 0.4) is 0 Å². The van der Waals surface area contributed by atoms with E-state index in [9.17, 15) is 20.4 Å². The summed E-state index contributed by atoms with van der Waals surface area (Å²) in [7, 11) is 0. The molecule has 5 rings (SSSR count). The quantitative estimate of drug-likeness (QED) is 0.330. The van der Waals surface area contributed by atoms with E-state index >= 15 is 0 Å². The van der Waals surface area contributed by atoms with Crippen LogP contribution in [0.1, 0.15) is 12.8 Å². The van der Waals surface area contributed by atoms with Gasteiger partial charge >= 0.3 is 0 Å². The first-order valence-corrected chi connectivity index (χ1v) is 10.6. The normalized spacial score (nSPS) is 19.2. The fraction of sp³-hybridized carbons (Fsp3) is 0.231. The van der Waals surface area contributed by atoms with Crippen LogP contribution in [0.5, 0.6) is 23.0 Å². The molecule has 1 aliphatic heterocycles. The van der Waals surface area contributed by atoms with Crippen molar-refractivity contribution < 1.29 is 29.9 Å². The van der Waals surface area contributed by atoms with Gasteiger partial charge in [0.2, 0.25) is 0 Å². The summed E-state index contributed by atoms with van der Waals surface area (Å²) in [5.41, 5.74) is 1.02. The van der Waals surface area contributed by atoms with E-state index in [1.165, 1.54) is 0 Å². The maximum absolute atomic E-state index is 10.9. The average molecular weight is 432 g/mol. The maximum atomic E-state index is 10.9. The number of phenolic OH excluding ortho intramolecular Hbond substituents is 2. The van der Waals surface area contributed by atoms with Gasteiger partial charge in [0.25, 0.3) is 0 Å². The molecule has 0 radical (unpaired) electrons. The summed E-state index contributed by atoms with van der Waals surface area (Å²) < 4.78 is 11.7. The second kappa shape index (κ2) is 8.22. The minimum Gasteiger partial charge on any atom is -0.507 e. The zero-order chi connectivity index (χ0) is 22.2. The van der Waals surface area contributed by atoms with Crippen molar-refractivity contribution >= 4 is 21.5 Å². The Balaban J connectivity index is 1.77. The zero-order valence-corrected chi connectivity index (χ0v) is 17.4. The molecule has 164 valence electrons. The molecule has 0 saturated heterocycles. The standard InChI is InChI=1S/C26H24O6/c27-21-9-11-31-17-5-1-15-3-7-23(29)25(19(15)13-17)26-20-14-18(32-12-10-22(21)28)6-2-16(20)4-8-24(26)30/h1-8,13-14,21-22,27-30H,9-12H2/t21-,22-/m1/s1. The van der Waals surface area contributed by atoms with Crippen LogP contribution in [0.15, 0.2) is 60.7 Å². The largest absolute Gasteiger partial charge is 0.507 e. The molecule has 0 amide bonds. The molecular formula is C26H24O6. The molecule has 2 atom stereocenters. The molecule has 0 saturated carbocycles. The molecule has 0 fully saturated rings. The van der Waals surface area contributed by atoms with E-state index in [2.05, 4.69) is 0 Å². The number of aromatic hydroxyl groups is 2. The first-order chi connectivity index (χ1) is 15.5. The summed E-state index contributed by atoms with van der Waals surface area (Å²) in [4.78, 5) is 0. The number of aliphatic hydroxyl groups excluding tert-OH is 2. The third-order valence-electron chi connectivity index (χ3n) is 6.00. The number of ether oxygens (including phenoxy) is 2. The number of hydrogen-bond acceptors (Lipinski definition) is 6. The van der Waals surface area contributed by atoms with Gasteiger partial charge in [-0.25, -0.2) is 0 Å². The monoisotopic (exact) mass is 432 g/mol. The Morgan fingerprint density at radius 3 is 1.44 bits per heavy atom. The average Bonchev–Trinajstić information content (AvgIpc) is 2.79. The lowest BCUT2D eigenvalue weighted by atomic mass is 9.92. The number of aliphatic hydroxyl groups is 2. The van der Waals surface area contributed by atoms with Crippen LogP contribution in [-0.2, 0) is 0 Å². The van der Waals surface area contributed by atoms with E-state index in [4.69, 9.17) is 9.47 Å². The van der Waals surface area contributed by atoms with Crippen molar-refractivity contribution in [3.63, 3.8) is 0 Å². The summed E-state index contributed by atoms with van der Waals surface area (Å²) >= 11 is 0. The van der Waals surface area contributed by atoms with E-state index in [1.807, 2.05) is 48.5 Å². The van der Waals surface area contributed by atoms with Crippen molar-refractivity contribution in [3.8, 4) is 34.1 Å². The molecule has 4 bridgehead atoms. The highest BCUT2D eigenvalue weighted by Gasteiger charge is 2.20. The molecular weight excluding hydrogens is 408 g/mol. The second-order valence-corrected chi connectivity index (χ2v) is 8.09. The molecule has 0 aliphatic carbocycles. The van der Waals surface area contributed by atoms with E-state index in [0.29, 0.717) is 22.6 Å². The lowest BCUT2D eigenvalue weighted by Crippen LogP contribution is -2.29. The van der Waals surface area contributed by atoms with Gasteiger partial charge in [-0.05, 0) is 57.9 Å². The van der Waals surface area contributed by atoms with Crippen molar-refractivity contribution in [1.82, 2.24) is 0 Å². The smallest absolute Gasteiger partial charge is 0.124 e. The molecule has 0 unspecified atom stereocenters. The highest BCUT2D eigenvalue weighted by molar-refractivity contribution is 6.10. The van der Waals surface area contributed by atoms with Crippen LogP contribution in [0.4, 0.5) is 0 Å². The topological polar surface area (TPSA) is 99.4 Å². The van der Waals surface area contributed by atoms with Crippen LogP contribution in [0.25, 0.3) is 32.7 Å². The van der Waals surface area contributed by atoms with Crippen molar-refractivity contribution in [2.45, 2.75) is 25.0 Å². The lowest BCUT2D eigenvalue weighted by molar-refractivity contribution is -0.00333. The van der Waals surface area contributed by atoms with E-state index < -0.39 is 12.2 Å². The van der Waals surface area contributed by atoms with Gasteiger partial charge in [0, 0.05) is 24.0 Å². The third-order valence-corrected chi connectivity index (χ3v) is 6.00. The van der Waals surface area contributed by atoms with E-state index in [1.54, 1.807) is 12.1 Å². The van der Waals surface area contributed by atoms with Gasteiger partial charge in [0.15, 0.2) is 0 Å². The fourth-order valence-electron chi connectivity index (χ4n) is 4.26. The Kier molecular flexibility index (Phi) is 5.25. The number of rotatable bonds is 0. The molecule has 4 N–H and O–H groups in total. The predicted molar refractivity (Wildman–Crippen MR) is 122 cm³/mol. The molecule has 4 aromatic carbocycles. The van der Waals surface area contributed by atoms with Crippen molar-refractivity contribution in [2.75, 3.05) is 13.2 Å². The van der Waals surface area contributed by atoms with Gasteiger partial charge in [-0.2, -0.15) is 0 Å². The molecule has 4 aromatic rings. The van der Waals surface area contributed by atoms with Gasteiger partial charge in [-0.1, -0.05) is 24.3 Å². The van der Waals surface area contributed by atoms with Crippen LogP contribution in [-0.4, -0.2) is 45.8 Å². The number of benzene rings is 4. The van der Waals surface area contributed by atoms with Crippen molar-refractivity contribution in [2.24, 2.45) is 0 Å². The minimum atomic E-state index is -0.924. The van der Waals surface area contributed by atoms with Gasteiger partial charge in [-0.3, -0.25) is 0 Å². The predicted octanol–water partition coefficient (Wildman–Crippen LogP) is 4.34. The Hall–Kier alpha value is -3.48. The Morgan fingerprint density at radius 2 is 1.00 bits per heavy atom. The number of fused-ring (bicyclic) bond motifs is 3. The molecule has 1 aliphatic rings. The van der Waals surface area contributed by atoms with E-state index in [0.717, 1.165) is 21.5 Å². The Morgan fingerprint density at radius 1 is 0.594 bits per heavy atom. The third kappa shape index (κ3) is 3.68. The second-order valence-electron chi connectivity index (χ2n) is 8.09. The van der Waals surface area contributed by atoms with Crippen LogP contribution < -0.4 is 9.47 Å². The number of hydrogen-bond donors (Lipinski definition) is 4. The molecule has 0 spiro atoms. The first-order valence-electron chi connectivity index (χ1n) is 10.6. The Labute approximate surface area is 184 Å². The first kappa shape index (κ1) is 20.4. The van der Waals surface area contributed by atoms with Gasteiger partial charge < -0.3 is 29.9 Å². The van der Waals surface area contributed by atoms with Gasteiger partial charge in [-0.15, -0.1) is 0 Å². The molecule has 0 aromatic heterocycles. The summed E-state index contributed by atoms with van der Waals surface area (Å²) in [6, 6.07) is 17.9. The minimum absolute atomic E-state index is 0.0448. The molecule has 32 heavy (non-hydrogen) atoms. The summed E-state index contributed by atoms with van der Waals surface area (Å²) in [5.74, 6) is 1.23. The van der Waals surface area contributed by atoms with Crippen LogP contribution >= 0.6 is 0 Å². The van der Waals surface area contributed by atoms with E-state index in [-0.39, 0.29) is 37.6 Å². The van der Waals surface area contributed by atoms with Gasteiger partial charge in [0.05, 0.1) is 25.4 Å². The summed E-state index contributed by atoms with van der Waals surface area (Å²) in [5, 5.41) is 45.4. The zero-order valence-electron chi connectivity index (χ0n) is 17.4. The SMILES string of the molecule is Oc1ccc2ccc3cc2c1-c1c(O)ccc2ccc(cc12)OCC[C@@H](O)[C@H](O)CCO3. The summed E-state index contributed by atoms with van der Waals surface area (Å²) in [6.45, 7) is 0.442. The van der Waals surface area contributed by atoms with Crippen molar-refractivity contribution in [3.05, 3.63) is 60.7 Å². The van der Waals surface area contributed by atoms with Crippen molar-refractivity contribution in [1.29, 1.82) is 0 Å². The molecule has 1 heterocycles. The highest BCUT2D eigenvalue weighted by atomic mass is 16.5. The fourth-order valence-corrected chi connectivity index (χ4v) is 4.26. The Bertz CT molecular complexity index is 1200. The molecule has 6 nitrogen and oxygen atoms in total. The number of phenols is 2. The summed E-state index contributed by atoms with van der Waals surface area (Å²) in [6.07, 6.45) is -1.32. The highest BCUT2D eigenvalue weighted by Crippen LogP contribution is 2.45. The lowest BCUT2D eigenvalue weighted by Gasteiger charge is -2.20.